The number of hydrogen-bond donors (Lipinski definition) is 3. The van der Waals surface area contributed by atoms with Crippen molar-refractivity contribution < 1.29 is 80.2 Å². The van der Waals surface area contributed by atoms with Crippen molar-refractivity contribution in [2.75, 3.05) is 39.6 Å². The van der Waals surface area contributed by atoms with Gasteiger partial charge in [-0.05, 0) is 122 Å². The Hall–Kier alpha value is -4.02. The molecule has 19 heteroatoms. The van der Waals surface area contributed by atoms with E-state index in [0.29, 0.717) is 25.7 Å². The number of esters is 4. The van der Waals surface area contributed by atoms with E-state index in [1.165, 1.54) is 83.5 Å². The zero-order valence-electron chi connectivity index (χ0n) is 64.5. The van der Waals surface area contributed by atoms with Crippen LogP contribution in [0.25, 0.3) is 0 Å². The molecule has 0 aliphatic heterocycles. The Labute approximate surface area is 620 Å². The molecule has 5 unspecified atom stereocenters. The third kappa shape index (κ3) is 74.3. The van der Waals surface area contributed by atoms with E-state index in [2.05, 4.69) is 125 Å². The number of aliphatic hydroxyl groups is 1. The Morgan fingerprint density at radius 3 is 0.804 bits per heavy atom. The quantitative estimate of drug-likeness (QED) is 0.0169. The maximum Gasteiger partial charge on any atom is 0.472 e. The highest BCUT2D eigenvalue weighted by atomic mass is 31.2. The molecule has 0 spiro atoms. The van der Waals surface area contributed by atoms with Gasteiger partial charge < -0.3 is 33.8 Å². The average Bonchev–Trinajstić information content (AvgIpc) is 0.923. The fourth-order valence-corrected chi connectivity index (χ4v) is 12.5. The summed E-state index contributed by atoms with van der Waals surface area (Å²) in [5.74, 6) is -2.20. The molecule has 0 aromatic heterocycles. The minimum absolute atomic E-state index is 0.0771. The zero-order chi connectivity index (χ0) is 74.6. The molecule has 0 amide bonds. The molecule has 0 aliphatic carbocycles. The van der Waals surface area contributed by atoms with Crippen molar-refractivity contribution in [1.29, 1.82) is 0 Å². The summed E-state index contributed by atoms with van der Waals surface area (Å²) in [6.07, 6.45) is 79.5. The molecule has 0 bridgehead atoms. The lowest BCUT2D eigenvalue weighted by molar-refractivity contribution is -0.161. The number of phosphoric ester groups is 2. The van der Waals surface area contributed by atoms with Crippen LogP contribution in [0.15, 0.2) is 97.2 Å². The molecular formula is C83H146O17P2. The molecule has 3 N–H and O–H groups in total. The Morgan fingerprint density at radius 2 is 0.510 bits per heavy atom. The van der Waals surface area contributed by atoms with Crippen molar-refractivity contribution >= 4 is 39.5 Å². The van der Waals surface area contributed by atoms with Crippen LogP contribution in [0, 0.1) is 0 Å². The third-order valence-corrected chi connectivity index (χ3v) is 18.9. The smallest absolute Gasteiger partial charge is 0.462 e. The molecule has 0 rings (SSSR count). The molecule has 0 saturated heterocycles. The first-order valence-corrected chi connectivity index (χ1v) is 43.5. The molecular weight excluding hydrogens is 1330 g/mol. The van der Waals surface area contributed by atoms with Crippen LogP contribution < -0.4 is 0 Å². The number of phosphoric acid groups is 2. The summed E-state index contributed by atoms with van der Waals surface area (Å²) in [6.45, 7) is 4.64. The van der Waals surface area contributed by atoms with E-state index in [1.807, 2.05) is 0 Å². The van der Waals surface area contributed by atoms with E-state index in [4.69, 9.17) is 37.0 Å². The normalized spacial score (nSPS) is 14.4. The Morgan fingerprint density at radius 1 is 0.284 bits per heavy atom. The first kappa shape index (κ1) is 98.0. The number of hydrogen-bond acceptors (Lipinski definition) is 15. The maximum absolute atomic E-state index is 13.1. The standard InChI is InChI=1S/C83H146O17P2/c1-5-9-13-17-21-25-29-33-37-38-42-44-48-52-56-60-64-68-81(86)94-74-79(100-83(88)70-66-62-58-54-50-46-41-36-32-28-24-20-16-12-8-4)76-98-102(91,92)96-72-77(84)71-95-101(89,90)97-75-78(99-82(87)69-65-61-57-53-49-45-40-35-31-27-23-19-15-11-7-3)73-93-80(85)67-63-59-55-51-47-43-39-34-30-26-22-18-14-10-6-2/h9-10,13-14,21-22,24-26,28,33-34,36-37,39,41,77-79,84H,5-8,11-12,15-20,23,27,29-32,35,38,40,42-76H2,1-4H3,(H,89,90)(H,91,92)/b13-9-,14-10-,25-21-,26-22-,28-24-,37-33-,39-34-,41-36-. The molecule has 17 nitrogen and oxygen atoms in total. The van der Waals surface area contributed by atoms with Gasteiger partial charge in [0.15, 0.2) is 12.2 Å². The first-order chi connectivity index (χ1) is 49.7. The lowest BCUT2D eigenvalue weighted by Crippen LogP contribution is -2.30. The number of ether oxygens (including phenoxy) is 4. The van der Waals surface area contributed by atoms with Crippen molar-refractivity contribution in [2.45, 2.75) is 367 Å². The lowest BCUT2D eigenvalue weighted by atomic mass is 10.0. The van der Waals surface area contributed by atoms with Crippen molar-refractivity contribution in [2.24, 2.45) is 0 Å². The van der Waals surface area contributed by atoms with Crippen LogP contribution in [0.4, 0.5) is 0 Å². The van der Waals surface area contributed by atoms with Crippen molar-refractivity contribution in [1.82, 2.24) is 0 Å². The number of rotatable bonds is 76. The largest absolute Gasteiger partial charge is 0.472 e. The van der Waals surface area contributed by atoms with Gasteiger partial charge in [0.05, 0.1) is 26.4 Å². The summed E-state index contributed by atoms with van der Waals surface area (Å²) in [7, 11) is -9.96. The van der Waals surface area contributed by atoms with Crippen LogP contribution in [-0.4, -0.2) is 96.7 Å². The Balaban J connectivity index is 5.37. The van der Waals surface area contributed by atoms with E-state index in [-0.39, 0.29) is 25.7 Å². The monoisotopic (exact) mass is 1480 g/mol. The topological polar surface area (TPSA) is 237 Å². The Bertz CT molecular complexity index is 2310. The van der Waals surface area contributed by atoms with Gasteiger partial charge in [-0.25, -0.2) is 9.13 Å². The van der Waals surface area contributed by atoms with Gasteiger partial charge in [0.1, 0.15) is 19.3 Å². The maximum atomic E-state index is 13.1. The lowest BCUT2D eigenvalue weighted by Gasteiger charge is -2.21. The SMILES string of the molecule is CC/C=C\C/C=C\C/C=C\CCCCCCCCCC(=O)OCC(COP(=O)(O)OCC(O)COP(=O)(O)OCC(COC(=O)CCCCCCC/C=C\C/C=C\C/C=C\CC)OC(=O)CCCCCCCCCCCCCCCCC)OC(=O)CCCCCCC/C=C\C/C=C\CCCCC. The van der Waals surface area contributed by atoms with E-state index in [9.17, 15) is 43.2 Å². The number of unbranched alkanes of at least 4 members (excludes halogenated alkanes) is 34. The third-order valence-electron chi connectivity index (χ3n) is 17.0. The summed E-state index contributed by atoms with van der Waals surface area (Å²) in [5.41, 5.74) is 0. The molecule has 0 fully saturated rings. The van der Waals surface area contributed by atoms with Crippen molar-refractivity contribution in [3.05, 3.63) is 97.2 Å². The van der Waals surface area contributed by atoms with E-state index < -0.39 is 97.5 Å². The average molecular weight is 1480 g/mol. The highest BCUT2D eigenvalue weighted by Crippen LogP contribution is 2.45. The van der Waals surface area contributed by atoms with Gasteiger partial charge >= 0.3 is 39.5 Å². The van der Waals surface area contributed by atoms with Crippen molar-refractivity contribution in [3.8, 4) is 0 Å². The highest BCUT2D eigenvalue weighted by molar-refractivity contribution is 7.47. The molecule has 102 heavy (non-hydrogen) atoms. The predicted octanol–water partition coefficient (Wildman–Crippen LogP) is 23.6. The van der Waals surface area contributed by atoms with Crippen LogP contribution >= 0.6 is 15.6 Å². The van der Waals surface area contributed by atoms with E-state index in [1.54, 1.807) is 0 Å². The van der Waals surface area contributed by atoms with Gasteiger partial charge in [-0.1, -0.05) is 298 Å². The molecule has 0 aliphatic rings. The van der Waals surface area contributed by atoms with Gasteiger partial charge in [-0.3, -0.25) is 37.3 Å². The fourth-order valence-electron chi connectivity index (χ4n) is 10.9. The van der Waals surface area contributed by atoms with Crippen LogP contribution in [-0.2, 0) is 65.4 Å². The predicted molar refractivity (Wildman–Crippen MR) is 418 cm³/mol. The molecule has 590 valence electrons. The molecule has 0 saturated carbocycles. The van der Waals surface area contributed by atoms with Gasteiger partial charge in [-0.15, -0.1) is 0 Å². The van der Waals surface area contributed by atoms with E-state index >= 15 is 0 Å². The summed E-state index contributed by atoms with van der Waals surface area (Å²) < 4.78 is 68.6. The van der Waals surface area contributed by atoms with Crippen LogP contribution in [0.5, 0.6) is 0 Å². The van der Waals surface area contributed by atoms with Gasteiger partial charge in [0.2, 0.25) is 0 Å². The van der Waals surface area contributed by atoms with Gasteiger partial charge in [-0.2, -0.15) is 0 Å². The fraction of sp³-hybridized carbons (Fsp3) is 0.759. The van der Waals surface area contributed by atoms with Crippen LogP contribution in [0.3, 0.4) is 0 Å². The number of allylic oxidation sites excluding steroid dienone is 16. The second kappa shape index (κ2) is 75.2. The molecule has 0 radical (unpaired) electrons. The summed E-state index contributed by atoms with van der Waals surface area (Å²) in [4.78, 5) is 73.1. The van der Waals surface area contributed by atoms with Gasteiger partial charge in [0, 0.05) is 25.7 Å². The highest BCUT2D eigenvalue weighted by Gasteiger charge is 2.30. The van der Waals surface area contributed by atoms with Crippen LogP contribution in [0.1, 0.15) is 349 Å². The zero-order valence-corrected chi connectivity index (χ0v) is 66.3. The number of carbonyl (C=O) groups is 4. The van der Waals surface area contributed by atoms with Gasteiger partial charge in [0.25, 0.3) is 0 Å². The minimum Gasteiger partial charge on any atom is -0.462 e. The second-order valence-corrected chi connectivity index (χ2v) is 29.9. The summed E-state index contributed by atoms with van der Waals surface area (Å²) in [6, 6.07) is 0. The van der Waals surface area contributed by atoms with Crippen molar-refractivity contribution in [3.63, 3.8) is 0 Å². The number of carbonyl (C=O) groups excluding carboxylic acids is 4. The molecule has 0 aromatic carbocycles. The number of aliphatic hydroxyl groups excluding tert-OH is 1. The molecule has 0 aromatic rings. The minimum atomic E-state index is -4.98. The summed E-state index contributed by atoms with van der Waals surface area (Å²) in [5, 5.41) is 10.6. The molecule has 0 heterocycles. The first-order valence-electron chi connectivity index (χ1n) is 40.5. The summed E-state index contributed by atoms with van der Waals surface area (Å²) >= 11 is 0. The Kier molecular flexibility index (Phi) is 72.3. The van der Waals surface area contributed by atoms with Crippen LogP contribution in [0.2, 0.25) is 0 Å². The van der Waals surface area contributed by atoms with E-state index in [0.717, 1.165) is 186 Å². The molecule has 5 atom stereocenters. The second-order valence-electron chi connectivity index (χ2n) is 27.0.